The second-order valence-electron chi connectivity index (χ2n) is 6.01. The fourth-order valence-electron chi connectivity index (χ4n) is 2.62. The molecule has 0 saturated carbocycles. The molecule has 0 bridgehead atoms. The minimum atomic E-state index is -0.634. The highest BCUT2D eigenvalue weighted by Gasteiger charge is 2.23. The van der Waals surface area contributed by atoms with Gasteiger partial charge in [-0.25, -0.2) is 8.78 Å². The molecule has 1 unspecified atom stereocenters. The second kappa shape index (κ2) is 8.07. The second-order valence-corrected chi connectivity index (χ2v) is 6.01. The summed E-state index contributed by atoms with van der Waals surface area (Å²) < 4.78 is 33.3. The molecule has 1 N–H and O–H groups in total. The Labute approximate surface area is 146 Å². The zero-order valence-corrected chi connectivity index (χ0v) is 14.8. The standard InChI is InChI=1S/C19H22F2N2O2/c1-12-8-9-13(10-17(12)25-4)19(24)22-11-16(23(2)3)18-14(20)6-5-7-15(18)21/h5-10,16H,11H2,1-4H3,(H,22,24). The molecular weight excluding hydrogens is 326 g/mol. The number of rotatable bonds is 6. The van der Waals surface area contributed by atoms with E-state index < -0.39 is 17.7 Å². The highest BCUT2D eigenvalue weighted by molar-refractivity contribution is 5.94. The van der Waals surface area contributed by atoms with E-state index in [4.69, 9.17) is 4.74 Å². The topological polar surface area (TPSA) is 41.6 Å². The van der Waals surface area contributed by atoms with Gasteiger partial charge >= 0.3 is 0 Å². The van der Waals surface area contributed by atoms with E-state index in [9.17, 15) is 13.6 Å². The summed E-state index contributed by atoms with van der Waals surface area (Å²) in [6, 6.07) is 8.22. The molecule has 0 aliphatic rings. The molecule has 2 rings (SSSR count). The van der Waals surface area contributed by atoms with Crippen LogP contribution in [0.1, 0.15) is 27.5 Å². The van der Waals surface area contributed by atoms with Crippen molar-refractivity contribution in [3.05, 3.63) is 64.7 Å². The monoisotopic (exact) mass is 348 g/mol. The summed E-state index contributed by atoms with van der Waals surface area (Å²) in [5.41, 5.74) is 1.28. The molecule has 0 fully saturated rings. The van der Waals surface area contributed by atoms with E-state index in [1.165, 1.54) is 25.3 Å². The van der Waals surface area contributed by atoms with E-state index in [1.807, 2.05) is 6.92 Å². The molecule has 4 nitrogen and oxygen atoms in total. The van der Waals surface area contributed by atoms with Gasteiger partial charge in [0.15, 0.2) is 0 Å². The smallest absolute Gasteiger partial charge is 0.251 e. The fraction of sp³-hybridized carbons (Fsp3) is 0.316. The van der Waals surface area contributed by atoms with E-state index in [1.54, 1.807) is 37.2 Å². The summed E-state index contributed by atoms with van der Waals surface area (Å²) in [6.07, 6.45) is 0. The number of nitrogens with zero attached hydrogens (tertiary/aromatic N) is 1. The van der Waals surface area contributed by atoms with Gasteiger partial charge in [0, 0.05) is 17.7 Å². The number of hydrogen-bond donors (Lipinski definition) is 1. The van der Waals surface area contributed by atoms with Crippen LogP contribution in [0.4, 0.5) is 8.78 Å². The number of aryl methyl sites for hydroxylation is 1. The van der Waals surface area contributed by atoms with Crippen molar-refractivity contribution in [3.63, 3.8) is 0 Å². The molecule has 0 saturated heterocycles. The summed E-state index contributed by atoms with van der Waals surface area (Å²) in [4.78, 5) is 14.0. The molecule has 25 heavy (non-hydrogen) atoms. The third-order valence-electron chi connectivity index (χ3n) is 4.08. The first-order valence-corrected chi connectivity index (χ1v) is 7.88. The van der Waals surface area contributed by atoms with Gasteiger partial charge in [-0.2, -0.15) is 0 Å². The minimum Gasteiger partial charge on any atom is -0.496 e. The molecule has 2 aromatic carbocycles. The summed E-state index contributed by atoms with van der Waals surface area (Å²) >= 11 is 0. The van der Waals surface area contributed by atoms with Crippen molar-refractivity contribution in [3.8, 4) is 5.75 Å². The van der Waals surface area contributed by atoms with Crippen LogP contribution in [0, 0.1) is 18.6 Å². The van der Waals surface area contributed by atoms with Crippen LogP contribution < -0.4 is 10.1 Å². The Morgan fingerprint density at radius 2 is 1.84 bits per heavy atom. The van der Waals surface area contributed by atoms with Gasteiger partial charge in [-0.1, -0.05) is 12.1 Å². The van der Waals surface area contributed by atoms with E-state index in [0.717, 1.165) is 5.56 Å². The SMILES string of the molecule is COc1cc(C(=O)NCC(c2c(F)cccc2F)N(C)C)ccc1C. The predicted octanol–water partition coefficient (Wildman–Crippen LogP) is 3.31. The first kappa shape index (κ1) is 18.9. The van der Waals surface area contributed by atoms with Crippen LogP contribution in [0.2, 0.25) is 0 Å². The molecule has 0 aliphatic carbocycles. The number of halogens is 2. The lowest BCUT2D eigenvalue weighted by molar-refractivity contribution is 0.0940. The van der Waals surface area contributed by atoms with Crippen LogP contribution in [0.25, 0.3) is 0 Å². The van der Waals surface area contributed by atoms with Gasteiger partial charge in [0.1, 0.15) is 17.4 Å². The van der Waals surface area contributed by atoms with Gasteiger partial charge in [0.05, 0.1) is 13.2 Å². The van der Waals surface area contributed by atoms with Crippen molar-refractivity contribution >= 4 is 5.91 Å². The number of ether oxygens (including phenoxy) is 1. The maximum absolute atomic E-state index is 14.1. The molecule has 134 valence electrons. The van der Waals surface area contributed by atoms with E-state index in [0.29, 0.717) is 11.3 Å². The van der Waals surface area contributed by atoms with Crippen molar-refractivity contribution < 1.29 is 18.3 Å². The van der Waals surface area contributed by atoms with Crippen molar-refractivity contribution in [1.82, 2.24) is 10.2 Å². The molecule has 0 heterocycles. The number of carbonyl (C=O) groups excluding carboxylic acids is 1. The number of benzene rings is 2. The summed E-state index contributed by atoms with van der Waals surface area (Å²) in [7, 11) is 4.95. The average Bonchev–Trinajstić information content (AvgIpc) is 2.57. The van der Waals surface area contributed by atoms with Crippen LogP contribution in [-0.4, -0.2) is 38.6 Å². The number of amides is 1. The number of likely N-dealkylation sites (N-methyl/N-ethyl adjacent to an activating group) is 1. The molecule has 6 heteroatoms. The van der Waals surface area contributed by atoms with E-state index in [2.05, 4.69) is 5.32 Å². The molecule has 0 spiro atoms. The lowest BCUT2D eigenvalue weighted by Gasteiger charge is -2.26. The molecule has 0 aliphatic heterocycles. The summed E-state index contributed by atoms with van der Waals surface area (Å²) in [5.74, 6) is -0.992. The number of nitrogens with one attached hydrogen (secondary N) is 1. The zero-order chi connectivity index (χ0) is 18.6. The number of methoxy groups -OCH3 is 1. The van der Waals surface area contributed by atoms with Gasteiger partial charge in [-0.3, -0.25) is 4.79 Å². The van der Waals surface area contributed by atoms with Crippen molar-refractivity contribution in [2.45, 2.75) is 13.0 Å². The molecule has 0 aromatic heterocycles. The molecule has 1 amide bonds. The maximum Gasteiger partial charge on any atom is 0.251 e. The number of hydrogen-bond acceptors (Lipinski definition) is 3. The van der Waals surface area contributed by atoms with Gasteiger partial charge in [-0.15, -0.1) is 0 Å². The van der Waals surface area contributed by atoms with Crippen LogP contribution in [0.15, 0.2) is 36.4 Å². The zero-order valence-electron chi connectivity index (χ0n) is 14.8. The highest BCUT2D eigenvalue weighted by Crippen LogP contribution is 2.24. The highest BCUT2D eigenvalue weighted by atomic mass is 19.1. The Hall–Kier alpha value is -2.47. The molecular formula is C19H22F2N2O2. The van der Waals surface area contributed by atoms with Gasteiger partial charge in [0.2, 0.25) is 0 Å². The third kappa shape index (κ3) is 4.33. The largest absolute Gasteiger partial charge is 0.496 e. The Kier molecular flexibility index (Phi) is 6.09. The van der Waals surface area contributed by atoms with Gasteiger partial charge in [-0.05, 0) is 50.8 Å². The molecule has 0 radical (unpaired) electrons. The van der Waals surface area contributed by atoms with Crippen LogP contribution in [-0.2, 0) is 0 Å². The Balaban J connectivity index is 2.18. The van der Waals surface area contributed by atoms with Crippen LogP contribution in [0.5, 0.6) is 5.75 Å². The predicted molar refractivity (Wildman–Crippen MR) is 92.9 cm³/mol. The lowest BCUT2D eigenvalue weighted by Crippen LogP contribution is -2.35. The number of carbonyl (C=O) groups is 1. The Morgan fingerprint density at radius 1 is 1.20 bits per heavy atom. The first-order valence-electron chi connectivity index (χ1n) is 7.88. The normalized spacial score (nSPS) is 12.1. The lowest BCUT2D eigenvalue weighted by atomic mass is 10.0. The maximum atomic E-state index is 14.1. The average molecular weight is 348 g/mol. The van der Waals surface area contributed by atoms with Crippen LogP contribution >= 0.6 is 0 Å². The fourth-order valence-corrected chi connectivity index (χ4v) is 2.62. The van der Waals surface area contributed by atoms with Crippen molar-refractivity contribution in [1.29, 1.82) is 0 Å². The van der Waals surface area contributed by atoms with Gasteiger partial charge in [0.25, 0.3) is 5.91 Å². The minimum absolute atomic E-state index is 0.0608. The Morgan fingerprint density at radius 3 is 2.40 bits per heavy atom. The summed E-state index contributed by atoms with van der Waals surface area (Å²) in [5, 5.41) is 2.73. The van der Waals surface area contributed by atoms with Crippen LogP contribution in [0.3, 0.4) is 0 Å². The quantitative estimate of drug-likeness (QED) is 0.871. The summed E-state index contributed by atoms with van der Waals surface area (Å²) in [6.45, 7) is 1.95. The third-order valence-corrected chi connectivity index (χ3v) is 4.08. The Bertz CT molecular complexity index is 743. The van der Waals surface area contributed by atoms with Crippen molar-refractivity contribution in [2.24, 2.45) is 0 Å². The van der Waals surface area contributed by atoms with Crippen molar-refractivity contribution in [2.75, 3.05) is 27.7 Å². The molecule has 2 aromatic rings. The molecule has 1 atom stereocenters. The van der Waals surface area contributed by atoms with E-state index in [-0.39, 0.29) is 18.0 Å². The van der Waals surface area contributed by atoms with E-state index >= 15 is 0 Å². The first-order chi connectivity index (χ1) is 11.8. The van der Waals surface area contributed by atoms with Gasteiger partial charge < -0.3 is 15.0 Å².